The van der Waals surface area contributed by atoms with Crippen molar-refractivity contribution >= 4 is 23.3 Å². The first-order valence-corrected chi connectivity index (χ1v) is 8.92. The molecule has 0 spiro atoms. The van der Waals surface area contributed by atoms with E-state index in [1.165, 1.54) is 11.0 Å². The summed E-state index contributed by atoms with van der Waals surface area (Å²) < 4.78 is 0. The molecule has 0 aliphatic carbocycles. The third kappa shape index (κ3) is 4.28. The van der Waals surface area contributed by atoms with Crippen molar-refractivity contribution in [1.29, 1.82) is 0 Å². The van der Waals surface area contributed by atoms with Crippen molar-refractivity contribution in [2.45, 2.75) is 19.4 Å². The SMILES string of the molecule is Cc1ccc(C[C@H](Nc2ccccc2[N+](=O)[O-])C(=O)N2CC(C(=O)O)C2)cc1. The maximum absolute atomic E-state index is 13.0. The van der Waals surface area contributed by atoms with Crippen molar-refractivity contribution in [3.8, 4) is 0 Å². The topological polar surface area (TPSA) is 113 Å². The number of amides is 1. The Labute approximate surface area is 161 Å². The molecule has 8 nitrogen and oxygen atoms in total. The molecule has 0 saturated carbocycles. The number of carbonyl (C=O) groups is 2. The Balaban J connectivity index is 1.82. The maximum Gasteiger partial charge on any atom is 0.310 e. The second kappa shape index (κ2) is 8.08. The first-order valence-electron chi connectivity index (χ1n) is 8.92. The zero-order chi connectivity index (χ0) is 20.3. The van der Waals surface area contributed by atoms with E-state index < -0.39 is 22.9 Å². The Morgan fingerprint density at radius 3 is 2.46 bits per heavy atom. The van der Waals surface area contributed by atoms with Gasteiger partial charge >= 0.3 is 5.97 Å². The summed E-state index contributed by atoms with van der Waals surface area (Å²) >= 11 is 0. The van der Waals surface area contributed by atoms with Gasteiger partial charge in [0.2, 0.25) is 5.91 Å². The number of likely N-dealkylation sites (tertiary alicyclic amines) is 1. The van der Waals surface area contributed by atoms with Crippen molar-refractivity contribution in [2.24, 2.45) is 5.92 Å². The molecule has 2 aromatic carbocycles. The minimum absolute atomic E-state index is 0.115. The summed E-state index contributed by atoms with van der Waals surface area (Å²) in [5.41, 5.74) is 2.14. The van der Waals surface area contributed by atoms with E-state index in [0.29, 0.717) is 6.42 Å². The number of hydrogen-bond acceptors (Lipinski definition) is 5. The van der Waals surface area contributed by atoms with Gasteiger partial charge in [-0.3, -0.25) is 19.7 Å². The Morgan fingerprint density at radius 1 is 1.21 bits per heavy atom. The van der Waals surface area contributed by atoms with Gasteiger partial charge in [-0.1, -0.05) is 42.0 Å². The van der Waals surface area contributed by atoms with E-state index in [1.54, 1.807) is 18.2 Å². The van der Waals surface area contributed by atoms with Gasteiger partial charge in [0.1, 0.15) is 11.7 Å². The molecule has 8 heteroatoms. The van der Waals surface area contributed by atoms with E-state index >= 15 is 0 Å². The number of carbonyl (C=O) groups excluding carboxylic acids is 1. The standard InChI is InChI=1S/C20H21N3O5/c1-13-6-8-14(9-7-13)10-17(19(24)22-11-15(12-22)20(25)26)21-16-4-2-3-5-18(16)23(27)28/h2-9,15,17,21H,10-12H2,1H3,(H,25,26)/t17-/m0/s1. The van der Waals surface area contributed by atoms with E-state index in [2.05, 4.69) is 5.32 Å². The van der Waals surface area contributed by atoms with Gasteiger partial charge in [0.15, 0.2) is 0 Å². The summed E-state index contributed by atoms with van der Waals surface area (Å²) in [7, 11) is 0. The highest BCUT2D eigenvalue weighted by atomic mass is 16.6. The minimum Gasteiger partial charge on any atom is -0.481 e. The molecule has 1 saturated heterocycles. The summed E-state index contributed by atoms with van der Waals surface area (Å²) in [5.74, 6) is -1.75. The van der Waals surface area contributed by atoms with Crippen molar-refractivity contribution < 1.29 is 19.6 Å². The molecule has 2 N–H and O–H groups in total. The van der Waals surface area contributed by atoms with Crippen molar-refractivity contribution in [3.63, 3.8) is 0 Å². The summed E-state index contributed by atoms with van der Waals surface area (Å²) in [5, 5.41) is 23.3. The number of anilines is 1. The number of hydrogen-bond donors (Lipinski definition) is 2. The van der Waals surface area contributed by atoms with Gasteiger partial charge in [0.05, 0.1) is 10.8 Å². The lowest BCUT2D eigenvalue weighted by Gasteiger charge is -2.39. The van der Waals surface area contributed by atoms with Crippen molar-refractivity contribution in [3.05, 3.63) is 69.8 Å². The number of nitro benzene ring substituents is 1. The Hall–Kier alpha value is -3.42. The van der Waals surface area contributed by atoms with Crippen LogP contribution in [0, 0.1) is 23.0 Å². The van der Waals surface area contributed by atoms with Crippen LogP contribution >= 0.6 is 0 Å². The number of rotatable bonds is 7. The van der Waals surface area contributed by atoms with E-state index in [0.717, 1.165) is 11.1 Å². The van der Waals surface area contributed by atoms with E-state index in [4.69, 9.17) is 5.11 Å². The minimum atomic E-state index is -0.925. The number of para-hydroxylation sites is 2. The smallest absolute Gasteiger partial charge is 0.310 e. The molecule has 2 aromatic rings. The molecule has 0 bridgehead atoms. The molecule has 1 aliphatic rings. The number of nitrogens with zero attached hydrogens (tertiary/aromatic N) is 2. The lowest BCUT2D eigenvalue weighted by Crippen LogP contribution is -2.57. The molecule has 1 amide bonds. The molecule has 1 aliphatic heterocycles. The largest absolute Gasteiger partial charge is 0.481 e. The van der Waals surface area contributed by atoms with Crippen LogP contribution in [0.4, 0.5) is 11.4 Å². The highest BCUT2D eigenvalue weighted by Crippen LogP contribution is 2.26. The zero-order valence-electron chi connectivity index (χ0n) is 15.4. The zero-order valence-corrected chi connectivity index (χ0v) is 15.4. The van der Waals surface area contributed by atoms with Crippen LogP contribution in [0.5, 0.6) is 0 Å². The fourth-order valence-corrected chi connectivity index (χ4v) is 3.14. The predicted octanol–water partition coefficient (Wildman–Crippen LogP) is 2.47. The summed E-state index contributed by atoms with van der Waals surface area (Å²) in [4.78, 5) is 36.2. The Bertz CT molecular complexity index is 891. The van der Waals surface area contributed by atoms with Crippen LogP contribution < -0.4 is 5.32 Å². The lowest BCUT2D eigenvalue weighted by atomic mass is 9.97. The van der Waals surface area contributed by atoms with Crippen molar-refractivity contribution in [1.82, 2.24) is 4.90 Å². The molecule has 28 heavy (non-hydrogen) atoms. The van der Waals surface area contributed by atoms with Crippen molar-refractivity contribution in [2.75, 3.05) is 18.4 Å². The van der Waals surface area contributed by atoms with Crippen LogP contribution in [0.25, 0.3) is 0 Å². The number of benzene rings is 2. The van der Waals surface area contributed by atoms with Gasteiger partial charge in [-0.25, -0.2) is 0 Å². The average molecular weight is 383 g/mol. The number of nitro groups is 1. The van der Waals surface area contributed by atoms with Crippen LogP contribution in [0.15, 0.2) is 48.5 Å². The lowest BCUT2D eigenvalue weighted by molar-refractivity contribution is -0.384. The van der Waals surface area contributed by atoms with Gasteiger partial charge in [0.25, 0.3) is 5.69 Å². The molecular weight excluding hydrogens is 362 g/mol. The molecule has 0 radical (unpaired) electrons. The monoisotopic (exact) mass is 383 g/mol. The maximum atomic E-state index is 13.0. The highest BCUT2D eigenvalue weighted by Gasteiger charge is 2.38. The van der Waals surface area contributed by atoms with Crippen LogP contribution in [-0.4, -0.2) is 45.9 Å². The predicted molar refractivity (Wildman–Crippen MR) is 103 cm³/mol. The second-order valence-corrected chi connectivity index (χ2v) is 6.94. The number of nitrogens with one attached hydrogen (secondary N) is 1. The van der Waals surface area contributed by atoms with Gasteiger partial charge < -0.3 is 15.3 Å². The van der Waals surface area contributed by atoms with E-state index in [1.807, 2.05) is 31.2 Å². The Kier molecular flexibility index (Phi) is 5.58. The molecule has 0 aromatic heterocycles. The van der Waals surface area contributed by atoms with Gasteiger partial charge in [-0.05, 0) is 18.6 Å². The Morgan fingerprint density at radius 2 is 1.86 bits per heavy atom. The summed E-state index contributed by atoms with van der Waals surface area (Å²) in [6, 6.07) is 13.1. The highest BCUT2D eigenvalue weighted by molar-refractivity contribution is 5.88. The molecule has 146 valence electrons. The van der Waals surface area contributed by atoms with Gasteiger partial charge in [-0.2, -0.15) is 0 Å². The first kappa shape index (κ1) is 19.3. The molecule has 3 rings (SSSR count). The first-order chi connectivity index (χ1) is 13.3. The van der Waals surface area contributed by atoms with E-state index in [-0.39, 0.29) is 30.4 Å². The second-order valence-electron chi connectivity index (χ2n) is 6.94. The quantitative estimate of drug-likeness (QED) is 0.561. The number of carboxylic acid groups (broad SMARTS) is 1. The molecule has 1 fully saturated rings. The summed E-state index contributed by atoms with van der Waals surface area (Å²) in [6.45, 7) is 2.26. The molecule has 0 unspecified atom stereocenters. The fraction of sp³-hybridized carbons (Fsp3) is 0.300. The van der Waals surface area contributed by atoms with Crippen LogP contribution in [-0.2, 0) is 16.0 Å². The molecule has 1 atom stereocenters. The van der Waals surface area contributed by atoms with Crippen LogP contribution in [0.3, 0.4) is 0 Å². The average Bonchev–Trinajstić information content (AvgIpc) is 2.61. The van der Waals surface area contributed by atoms with Gasteiger partial charge in [0, 0.05) is 25.6 Å². The summed E-state index contributed by atoms with van der Waals surface area (Å²) in [6.07, 6.45) is 0.333. The molecule has 1 heterocycles. The number of aryl methyl sites for hydroxylation is 1. The van der Waals surface area contributed by atoms with Crippen LogP contribution in [0.1, 0.15) is 11.1 Å². The number of carboxylic acids is 1. The third-order valence-electron chi connectivity index (χ3n) is 4.83. The number of aliphatic carboxylic acids is 1. The third-order valence-corrected chi connectivity index (χ3v) is 4.83. The van der Waals surface area contributed by atoms with E-state index in [9.17, 15) is 19.7 Å². The normalized spacial score (nSPS) is 14.8. The fourth-order valence-electron chi connectivity index (χ4n) is 3.14. The van der Waals surface area contributed by atoms with Gasteiger partial charge in [-0.15, -0.1) is 0 Å². The van der Waals surface area contributed by atoms with Crippen LogP contribution in [0.2, 0.25) is 0 Å². The molecular formula is C20H21N3O5.